The minimum absolute atomic E-state index is 0.541. The van der Waals surface area contributed by atoms with Crippen LogP contribution in [0.5, 0.6) is 0 Å². The van der Waals surface area contributed by atoms with Crippen LogP contribution in [0.2, 0.25) is 0 Å². The molecule has 0 bridgehead atoms. The summed E-state index contributed by atoms with van der Waals surface area (Å²) in [5.41, 5.74) is 0. The van der Waals surface area contributed by atoms with Crippen LogP contribution in [0.15, 0.2) is 0 Å². The number of carbonyl (C=O) groups excluding carboxylic acids is 8. The summed E-state index contributed by atoms with van der Waals surface area (Å²) >= 11 is 0. The Bertz CT molecular complexity index is 1200. The van der Waals surface area contributed by atoms with E-state index < -0.39 is 122 Å². The molecular formula is C28H38O19. The molecule has 2 rings (SSSR count). The Labute approximate surface area is 268 Å². The van der Waals surface area contributed by atoms with Crippen molar-refractivity contribution in [1.82, 2.24) is 0 Å². The van der Waals surface area contributed by atoms with Gasteiger partial charge >= 0.3 is 47.8 Å². The third-order valence-corrected chi connectivity index (χ3v) is 6.15. The molecule has 2 aliphatic heterocycles. The van der Waals surface area contributed by atoms with Gasteiger partial charge in [0, 0.05) is 55.4 Å². The van der Waals surface area contributed by atoms with E-state index in [2.05, 4.69) is 0 Å². The highest BCUT2D eigenvalue weighted by atomic mass is 16.8. The quantitative estimate of drug-likeness (QED) is 0.181. The molecule has 0 spiro atoms. The molecule has 2 fully saturated rings. The molecule has 0 radical (unpaired) electrons. The number of hydrogen-bond donors (Lipinski definition) is 0. The lowest BCUT2D eigenvalue weighted by atomic mass is 9.97. The topological polar surface area (TPSA) is 238 Å². The maximum Gasteiger partial charge on any atom is 0.305 e. The van der Waals surface area contributed by atoms with Gasteiger partial charge in [0.05, 0.1) is 6.61 Å². The van der Waals surface area contributed by atoms with E-state index in [0.717, 1.165) is 55.4 Å². The van der Waals surface area contributed by atoms with Gasteiger partial charge in [0.25, 0.3) is 0 Å². The molecule has 0 N–H and O–H groups in total. The van der Waals surface area contributed by atoms with Gasteiger partial charge in [-0.1, -0.05) is 0 Å². The molecule has 10 atom stereocenters. The fourth-order valence-corrected chi connectivity index (χ4v) is 4.76. The van der Waals surface area contributed by atoms with Crippen molar-refractivity contribution in [3.8, 4) is 0 Å². The van der Waals surface area contributed by atoms with Crippen LogP contribution in [0.1, 0.15) is 55.4 Å². The summed E-state index contributed by atoms with van der Waals surface area (Å²) in [6.07, 6.45) is -15.6. The summed E-state index contributed by atoms with van der Waals surface area (Å²) in [5, 5.41) is 0. The summed E-state index contributed by atoms with van der Waals surface area (Å²) in [5.74, 6) is -6.93. The van der Waals surface area contributed by atoms with Gasteiger partial charge in [0.1, 0.15) is 18.8 Å². The standard InChI is InChI=1S/C28H38O19/c1-11(29)37-9-19-21(39-12(2)30)23(41-14(4)32)25(43-16(6)34)27(46-19)38-10-20-22(40-13(3)31)24(42-15(5)33)26(44-17(7)35)28(47-20)45-18(8)36/h19-28H,9-10H2,1-8H3/t19-,20-,21+,22+,23-,24-,25+,26+,27+,28+/m0/s1. The van der Waals surface area contributed by atoms with E-state index in [4.69, 9.17) is 52.1 Å². The predicted molar refractivity (Wildman–Crippen MR) is 145 cm³/mol. The van der Waals surface area contributed by atoms with Crippen LogP contribution in [0, 0.1) is 0 Å². The van der Waals surface area contributed by atoms with Gasteiger partial charge in [-0.3, -0.25) is 38.4 Å². The molecule has 0 unspecified atom stereocenters. The minimum atomic E-state index is -1.71. The van der Waals surface area contributed by atoms with E-state index in [9.17, 15) is 38.4 Å². The van der Waals surface area contributed by atoms with E-state index in [0.29, 0.717) is 0 Å². The zero-order valence-electron chi connectivity index (χ0n) is 26.9. The zero-order valence-corrected chi connectivity index (χ0v) is 26.9. The smallest absolute Gasteiger partial charge is 0.305 e. The van der Waals surface area contributed by atoms with Gasteiger partial charge in [-0.05, 0) is 0 Å². The number of ether oxygens (including phenoxy) is 11. The lowest BCUT2D eigenvalue weighted by molar-refractivity contribution is -0.331. The van der Waals surface area contributed by atoms with Crippen LogP contribution in [0.4, 0.5) is 0 Å². The van der Waals surface area contributed by atoms with Gasteiger partial charge in [-0.25, -0.2) is 0 Å². The molecule has 47 heavy (non-hydrogen) atoms. The Kier molecular flexibility index (Phi) is 14.5. The average molecular weight is 679 g/mol. The lowest BCUT2D eigenvalue weighted by Crippen LogP contribution is -2.65. The van der Waals surface area contributed by atoms with E-state index in [1.54, 1.807) is 0 Å². The molecule has 0 amide bonds. The minimum Gasteiger partial charge on any atom is -0.463 e. The Morgan fingerprint density at radius 3 is 1.09 bits per heavy atom. The molecule has 19 nitrogen and oxygen atoms in total. The monoisotopic (exact) mass is 678 g/mol. The SMILES string of the molecule is CC(=O)OC[C@@H]1O[C@@H](OC[C@@H]2O[C@@H](OC(C)=O)[C@H](OC(C)=O)[C@@H](OC(C)=O)[C@@H]2OC(C)=O)[C@H](OC(C)=O)[C@@H](OC(C)=O)[C@@H]1OC(C)=O. The molecule has 0 aliphatic carbocycles. The highest BCUT2D eigenvalue weighted by Crippen LogP contribution is 2.33. The number of esters is 8. The fourth-order valence-electron chi connectivity index (χ4n) is 4.76. The van der Waals surface area contributed by atoms with Crippen LogP contribution >= 0.6 is 0 Å². The van der Waals surface area contributed by atoms with Crippen molar-refractivity contribution in [1.29, 1.82) is 0 Å². The summed E-state index contributed by atoms with van der Waals surface area (Å²) < 4.78 is 59.8. The molecule has 264 valence electrons. The first-order chi connectivity index (χ1) is 21.9. The first-order valence-electron chi connectivity index (χ1n) is 14.2. The van der Waals surface area contributed by atoms with E-state index in [1.165, 1.54) is 0 Å². The largest absolute Gasteiger partial charge is 0.463 e. The Morgan fingerprint density at radius 1 is 0.383 bits per heavy atom. The first kappa shape index (κ1) is 38.8. The van der Waals surface area contributed by atoms with E-state index >= 15 is 0 Å². The van der Waals surface area contributed by atoms with E-state index in [-0.39, 0.29) is 0 Å². The summed E-state index contributed by atoms with van der Waals surface area (Å²) in [7, 11) is 0. The van der Waals surface area contributed by atoms with Crippen molar-refractivity contribution in [2.75, 3.05) is 13.2 Å². The highest BCUT2D eigenvalue weighted by Gasteiger charge is 2.56. The van der Waals surface area contributed by atoms with Crippen LogP contribution in [-0.2, 0) is 90.5 Å². The van der Waals surface area contributed by atoms with Gasteiger partial charge in [0.2, 0.25) is 12.4 Å². The lowest BCUT2D eigenvalue weighted by Gasteiger charge is -2.46. The summed E-state index contributed by atoms with van der Waals surface area (Å²) in [4.78, 5) is 95.9. The second-order valence-electron chi connectivity index (χ2n) is 10.3. The normalized spacial score (nSPS) is 30.0. The van der Waals surface area contributed by atoms with Gasteiger partial charge in [-0.15, -0.1) is 0 Å². The molecule has 19 heteroatoms. The molecular weight excluding hydrogens is 640 g/mol. The molecule has 2 saturated heterocycles. The van der Waals surface area contributed by atoms with Crippen molar-refractivity contribution in [2.45, 2.75) is 117 Å². The van der Waals surface area contributed by atoms with Crippen LogP contribution in [0.25, 0.3) is 0 Å². The zero-order chi connectivity index (χ0) is 35.6. The third-order valence-electron chi connectivity index (χ3n) is 6.15. The van der Waals surface area contributed by atoms with Crippen molar-refractivity contribution in [3.63, 3.8) is 0 Å². The van der Waals surface area contributed by atoms with Gasteiger partial charge in [0.15, 0.2) is 36.8 Å². The summed E-state index contributed by atoms with van der Waals surface area (Å²) in [6.45, 7) is 7.09. The second kappa shape index (κ2) is 17.5. The predicted octanol–water partition coefficient (Wildman–Crippen LogP) is -0.831. The van der Waals surface area contributed by atoms with Crippen molar-refractivity contribution in [3.05, 3.63) is 0 Å². The van der Waals surface area contributed by atoms with Crippen molar-refractivity contribution >= 4 is 47.8 Å². The highest BCUT2D eigenvalue weighted by molar-refractivity contribution is 5.70. The molecule has 2 aliphatic rings. The number of hydrogen-bond acceptors (Lipinski definition) is 19. The van der Waals surface area contributed by atoms with E-state index in [1.807, 2.05) is 0 Å². The van der Waals surface area contributed by atoms with Crippen LogP contribution < -0.4 is 0 Å². The van der Waals surface area contributed by atoms with Gasteiger partial charge in [-0.2, -0.15) is 0 Å². The number of carbonyl (C=O) groups is 8. The van der Waals surface area contributed by atoms with Crippen molar-refractivity contribution in [2.24, 2.45) is 0 Å². The van der Waals surface area contributed by atoms with Crippen LogP contribution in [0.3, 0.4) is 0 Å². The third kappa shape index (κ3) is 12.1. The van der Waals surface area contributed by atoms with Crippen molar-refractivity contribution < 1.29 is 90.5 Å². The average Bonchev–Trinajstić information content (AvgIpc) is 2.91. The second-order valence-corrected chi connectivity index (χ2v) is 10.3. The maximum absolute atomic E-state index is 12.1. The first-order valence-corrected chi connectivity index (χ1v) is 14.2. The Morgan fingerprint density at radius 2 is 0.702 bits per heavy atom. The van der Waals surface area contributed by atoms with Crippen LogP contribution in [-0.4, -0.2) is 122 Å². The Hall–Kier alpha value is -4.36. The summed E-state index contributed by atoms with van der Waals surface area (Å²) in [6, 6.07) is 0. The van der Waals surface area contributed by atoms with Gasteiger partial charge < -0.3 is 52.1 Å². The fraction of sp³-hybridized carbons (Fsp3) is 0.714. The molecule has 0 saturated carbocycles. The maximum atomic E-state index is 12.1. The molecule has 0 aromatic heterocycles. The molecule has 0 aromatic carbocycles. The molecule has 0 aromatic rings. The molecule has 2 heterocycles. The Balaban J connectivity index is 2.56. The number of rotatable bonds is 12.